The third-order valence-electron chi connectivity index (χ3n) is 11.8. The number of ether oxygens (including phenoxy) is 8. The summed E-state index contributed by atoms with van der Waals surface area (Å²) in [7, 11) is 0. The van der Waals surface area contributed by atoms with Crippen molar-refractivity contribution >= 4 is 47.3 Å². The van der Waals surface area contributed by atoms with Gasteiger partial charge in [-0.25, -0.2) is 10.6 Å². The minimum atomic E-state index is -2.45. The highest BCUT2D eigenvalue weighted by molar-refractivity contribution is 7.99. The van der Waals surface area contributed by atoms with E-state index in [1.165, 1.54) is 18.7 Å². The van der Waals surface area contributed by atoms with Gasteiger partial charge < -0.3 is 79.6 Å². The molecule has 11 N–H and O–H groups in total. The molecule has 0 bridgehead atoms. The number of hydrogen-bond donors (Lipinski definition) is 10. The van der Waals surface area contributed by atoms with Crippen molar-refractivity contribution in [2.24, 2.45) is 5.84 Å². The van der Waals surface area contributed by atoms with Gasteiger partial charge >= 0.3 is 5.97 Å². The van der Waals surface area contributed by atoms with E-state index in [0.29, 0.717) is 108 Å². The predicted octanol–water partition coefficient (Wildman–Crippen LogP) is 0.467. The zero-order valence-electron chi connectivity index (χ0n) is 44.2. The first-order chi connectivity index (χ1) is 37.6. The lowest BCUT2D eigenvalue weighted by atomic mass is 9.88. The van der Waals surface area contributed by atoms with Gasteiger partial charge in [0.25, 0.3) is 17.6 Å². The van der Waals surface area contributed by atoms with Crippen LogP contribution >= 0.6 is 11.8 Å². The van der Waals surface area contributed by atoms with Crippen LogP contribution in [0.5, 0.6) is 5.75 Å². The number of hydrogen-bond acceptors (Lipinski definition) is 19. The second kappa shape index (κ2) is 36.4. The van der Waals surface area contributed by atoms with Gasteiger partial charge in [0.2, 0.25) is 17.7 Å². The summed E-state index contributed by atoms with van der Waals surface area (Å²) in [6.07, 6.45) is -7.05. The van der Waals surface area contributed by atoms with E-state index in [-0.39, 0.29) is 43.4 Å². The molecule has 78 heavy (non-hydrogen) atoms. The molecule has 1 saturated heterocycles. The summed E-state index contributed by atoms with van der Waals surface area (Å²) in [6.45, 7) is 6.97. The summed E-state index contributed by atoms with van der Waals surface area (Å²) in [5.41, 5.74) is 5.36. The van der Waals surface area contributed by atoms with Crippen LogP contribution in [-0.4, -0.2) is 203 Å². The molecule has 3 aromatic rings. The second-order valence-electron chi connectivity index (χ2n) is 17.7. The second-order valence-corrected chi connectivity index (χ2v) is 19.0. The van der Waals surface area contributed by atoms with Gasteiger partial charge in [-0.2, -0.15) is 11.8 Å². The number of nitrogens with two attached hydrogens (primary N) is 1. The first kappa shape index (κ1) is 64.7. The van der Waals surface area contributed by atoms with E-state index in [0.717, 1.165) is 16.7 Å². The number of aryl methyl sites for hydroxylation is 1. The Balaban J connectivity index is 1.05. The molecule has 25 heteroatoms. The number of carboxylic acids is 1. The number of carbonyl (C=O) groups is 6. The van der Waals surface area contributed by atoms with Gasteiger partial charge in [-0.3, -0.25) is 29.4 Å². The van der Waals surface area contributed by atoms with Gasteiger partial charge in [-0.05, 0) is 60.1 Å². The van der Waals surface area contributed by atoms with E-state index < -0.39 is 72.9 Å². The molecule has 0 saturated carbocycles. The maximum absolute atomic E-state index is 13.0. The fourth-order valence-electron chi connectivity index (χ4n) is 7.61. The molecule has 1 aliphatic rings. The van der Waals surface area contributed by atoms with Crippen LogP contribution < -0.4 is 37.3 Å². The standard InChI is InChI=1S/C53H76N6O18S/c1-36-9-10-41(33-44(36)75-30-29-74-28-27-73-26-25-72-24-23-71-22-21-70-20-17-55-45(63)15-16-46(64)59-54)51(67)56-18-32-78-31-6-19-76-53(52(68)69)34-42(61)47(58-37(2)60)49(77-53)48(65)43(62)35-57-50(66)40-13-11-39(12-14-40)38-7-4-3-5-8-38/h3-5,7-14,33,42-43,47-49,61-62,65H,6,15-32,34-35,54H2,1-2H3,(H,55,63)(H,56,67)(H,57,66)(H,58,60)(H,59,64)(H,68,69)/t42-,43+,47+,48+,49+,53+/m0/s1. The number of nitrogens with one attached hydrogen (secondary N) is 5. The third kappa shape index (κ3) is 23.7. The summed E-state index contributed by atoms with van der Waals surface area (Å²) in [6, 6.07) is 20.1. The first-order valence-electron chi connectivity index (χ1n) is 25.7. The van der Waals surface area contributed by atoms with Gasteiger partial charge in [-0.1, -0.05) is 48.5 Å². The van der Waals surface area contributed by atoms with Crippen LogP contribution in [0.2, 0.25) is 0 Å². The Bertz CT molecular complexity index is 2290. The van der Waals surface area contributed by atoms with Crippen molar-refractivity contribution < 1.29 is 87.1 Å². The van der Waals surface area contributed by atoms with Gasteiger partial charge in [-0.15, -0.1) is 0 Å². The van der Waals surface area contributed by atoms with Crippen LogP contribution in [0, 0.1) is 6.92 Å². The Morgan fingerprint density at radius 3 is 1.90 bits per heavy atom. The number of carboxylic acid groups (broad SMARTS) is 1. The topological polar surface area (TPSA) is 343 Å². The first-order valence-corrected chi connectivity index (χ1v) is 26.8. The SMILES string of the molecule is CC(=O)N[C@H]1[C@H]([C@H](O)[C@H](O)CNC(=O)c2ccc(-c3ccccc3)cc2)O[C@@](OCCCSCCNC(=O)c2ccc(C)c(OCCOCCOCCOCCOCCOCCNC(=O)CCC(=O)NN)c2)(C(=O)O)C[C@@H]1O. The molecule has 0 aliphatic carbocycles. The lowest BCUT2D eigenvalue weighted by Gasteiger charge is -2.46. The van der Waals surface area contributed by atoms with Crippen molar-refractivity contribution in [1.82, 2.24) is 26.7 Å². The summed E-state index contributed by atoms with van der Waals surface area (Å²) in [5, 5.41) is 54.2. The molecule has 5 amide bonds. The quantitative estimate of drug-likeness (QED) is 0.0161. The normalized spacial score (nSPS) is 17.8. The monoisotopic (exact) mass is 1120 g/mol. The van der Waals surface area contributed by atoms with Crippen LogP contribution in [0.25, 0.3) is 11.1 Å². The molecule has 0 spiro atoms. The number of carbonyl (C=O) groups excluding carboxylic acids is 5. The lowest BCUT2D eigenvalue weighted by Crippen LogP contribution is -2.68. The number of aliphatic carboxylic acids is 1. The van der Waals surface area contributed by atoms with Crippen LogP contribution in [0.15, 0.2) is 72.8 Å². The van der Waals surface area contributed by atoms with E-state index >= 15 is 0 Å². The molecular formula is C53H76N6O18S. The van der Waals surface area contributed by atoms with E-state index in [2.05, 4.69) is 21.3 Å². The van der Waals surface area contributed by atoms with Crippen LogP contribution in [0.4, 0.5) is 0 Å². The van der Waals surface area contributed by atoms with Crippen molar-refractivity contribution in [1.29, 1.82) is 0 Å². The predicted molar refractivity (Wildman–Crippen MR) is 285 cm³/mol. The summed E-state index contributed by atoms with van der Waals surface area (Å²) < 4.78 is 44.9. The van der Waals surface area contributed by atoms with Crippen molar-refractivity contribution in [2.75, 3.05) is 110 Å². The Hall–Kier alpha value is -5.81. The molecule has 0 aromatic heterocycles. The Morgan fingerprint density at radius 2 is 1.28 bits per heavy atom. The maximum Gasteiger partial charge on any atom is 0.364 e. The molecule has 1 aliphatic heterocycles. The fourth-order valence-corrected chi connectivity index (χ4v) is 8.38. The zero-order chi connectivity index (χ0) is 56.5. The number of thioether (sulfide) groups is 1. The Kier molecular flexibility index (Phi) is 30.2. The van der Waals surface area contributed by atoms with Crippen LogP contribution in [0.1, 0.15) is 58.9 Å². The minimum Gasteiger partial charge on any atom is -0.491 e. The molecular weight excluding hydrogens is 1040 g/mol. The lowest BCUT2D eigenvalue weighted by molar-refractivity contribution is -0.310. The largest absolute Gasteiger partial charge is 0.491 e. The van der Waals surface area contributed by atoms with Gasteiger partial charge in [0.05, 0.1) is 90.9 Å². The zero-order valence-corrected chi connectivity index (χ0v) is 45.0. The van der Waals surface area contributed by atoms with Crippen molar-refractivity contribution in [3.8, 4) is 16.9 Å². The molecule has 4 rings (SSSR count). The highest BCUT2D eigenvalue weighted by Gasteiger charge is 2.55. The van der Waals surface area contributed by atoms with Crippen molar-refractivity contribution in [3.05, 3.63) is 89.5 Å². The van der Waals surface area contributed by atoms with E-state index in [1.54, 1.807) is 42.5 Å². The van der Waals surface area contributed by atoms with Crippen molar-refractivity contribution in [2.45, 2.75) is 75.8 Å². The van der Waals surface area contributed by atoms with Crippen LogP contribution in [-0.2, 0) is 52.3 Å². The maximum atomic E-state index is 13.0. The molecule has 1 fully saturated rings. The molecule has 1 heterocycles. The molecule has 24 nitrogen and oxygen atoms in total. The Labute approximate surface area is 458 Å². The van der Waals surface area contributed by atoms with E-state index in [1.807, 2.05) is 42.7 Å². The molecule has 432 valence electrons. The molecule has 3 aromatic carbocycles. The minimum absolute atomic E-state index is 0.0222. The highest BCUT2D eigenvalue weighted by Crippen LogP contribution is 2.34. The van der Waals surface area contributed by atoms with E-state index in [4.69, 9.17) is 43.7 Å². The number of aliphatic hydroxyl groups is 3. The fraction of sp³-hybridized carbons (Fsp3) is 0.547. The number of amides is 5. The molecule has 0 radical (unpaired) electrons. The van der Waals surface area contributed by atoms with Gasteiger partial charge in [0.15, 0.2) is 0 Å². The molecule has 0 unspecified atom stereocenters. The van der Waals surface area contributed by atoms with Gasteiger partial charge in [0.1, 0.15) is 24.6 Å². The number of benzene rings is 3. The summed E-state index contributed by atoms with van der Waals surface area (Å²) >= 11 is 1.48. The molecule has 6 atom stereocenters. The van der Waals surface area contributed by atoms with Crippen LogP contribution in [0.3, 0.4) is 0 Å². The Morgan fingerprint density at radius 1 is 0.705 bits per heavy atom. The number of rotatable bonds is 39. The smallest absolute Gasteiger partial charge is 0.364 e. The average molecular weight is 1120 g/mol. The van der Waals surface area contributed by atoms with Crippen molar-refractivity contribution in [3.63, 3.8) is 0 Å². The summed E-state index contributed by atoms with van der Waals surface area (Å²) in [5.74, 6) is 0.384. The van der Waals surface area contributed by atoms with Gasteiger partial charge in [0, 0.05) is 62.7 Å². The third-order valence-corrected chi connectivity index (χ3v) is 12.8. The average Bonchev–Trinajstić information content (AvgIpc) is 3.58. The number of hydrazine groups is 1. The number of aliphatic hydroxyl groups excluding tert-OH is 3. The highest BCUT2D eigenvalue weighted by atomic mass is 32.2. The van der Waals surface area contributed by atoms with E-state index in [9.17, 15) is 49.2 Å². The summed E-state index contributed by atoms with van der Waals surface area (Å²) in [4.78, 5) is 73.3.